The molecule has 0 aliphatic heterocycles. The van der Waals surface area contributed by atoms with Crippen molar-refractivity contribution in [3.63, 3.8) is 0 Å². The molecule has 0 amide bonds. The highest BCUT2D eigenvalue weighted by Crippen LogP contribution is 2.37. The minimum Gasteiger partial charge on any atom is -0.497 e. The van der Waals surface area contributed by atoms with Crippen LogP contribution in [0.15, 0.2) is 35.3 Å². The summed E-state index contributed by atoms with van der Waals surface area (Å²) in [5, 5.41) is 8.82. The normalized spacial score (nSPS) is 12.1. The minimum atomic E-state index is -1.06. The van der Waals surface area contributed by atoms with Crippen molar-refractivity contribution in [2.75, 3.05) is 20.5 Å². The van der Waals surface area contributed by atoms with Gasteiger partial charge in [0.15, 0.2) is 0 Å². The molecule has 8 heteroatoms. The topological polar surface area (TPSA) is 85.2 Å². The summed E-state index contributed by atoms with van der Waals surface area (Å²) in [6.07, 6.45) is 3.16. The van der Waals surface area contributed by atoms with E-state index in [-0.39, 0.29) is 4.88 Å². The first kappa shape index (κ1) is 19.0. The predicted molar refractivity (Wildman–Crippen MR) is 101 cm³/mol. The van der Waals surface area contributed by atoms with E-state index in [9.17, 15) is 14.7 Å². The lowest BCUT2D eigenvalue weighted by atomic mass is 10.2. The highest BCUT2D eigenvalue weighted by Gasteiger charge is 2.18. The number of carbonyl (C=O) groups is 2. The molecule has 1 atom stereocenters. The van der Waals surface area contributed by atoms with Crippen LogP contribution in [0.1, 0.15) is 9.67 Å². The molecule has 1 aromatic carbocycles. The fourth-order valence-electron chi connectivity index (χ4n) is 2.01. The quantitative estimate of drug-likeness (QED) is 0.583. The summed E-state index contributed by atoms with van der Waals surface area (Å²) >= 11 is 2.39. The third kappa shape index (κ3) is 4.61. The lowest BCUT2D eigenvalue weighted by Crippen LogP contribution is -2.19. The molecule has 1 unspecified atom stereocenters. The molecule has 0 radical (unpaired) electrons. The van der Waals surface area contributed by atoms with E-state index >= 15 is 0 Å². The van der Waals surface area contributed by atoms with Crippen LogP contribution in [0.3, 0.4) is 0 Å². The van der Waals surface area contributed by atoms with Gasteiger partial charge in [0.25, 0.3) is 0 Å². The summed E-state index contributed by atoms with van der Waals surface area (Å²) in [7, 11) is 2.88. The van der Waals surface area contributed by atoms with Gasteiger partial charge in [-0.05, 0) is 42.2 Å². The molecule has 0 saturated carbocycles. The number of hydrogen-bond donors (Lipinski definition) is 1. The van der Waals surface area contributed by atoms with Crippen molar-refractivity contribution in [2.45, 2.75) is 5.25 Å². The molecule has 1 heterocycles. The number of thiophene rings is 1. The minimum absolute atomic E-state index is 0.117. The molecule has 0 aliphatic rings. The van der Waals surface area contributed by atoms with E-state index < -0.39 is 17.2 Å². The molecule has 0 fully saturated rings. The number of ether oxygens (including phenoxy) is 2. The Bertz CT molecular complexity index is 783. The number of benzene rings is 1. The average molecular weight is 379 g/mol. The molecule has 0 spiro atoms. The molecule has 0 aliphatic carbocycles. The van der Waals surface area contributed by atoms with E-state index in [0.29, 0.717) is 5.69 Å². The summed E-state index contributed by atoms with van der Waals surface area (Å²) in [4.78, 5) is 28.2. The molecule has 1 N–H and O–H groups in total. The van der Waals surface area contributed by atoms with Gasteiger partial charge in [0.1, 0.15) is 15.9 Å². The van der Waals surface area contributed by atoms with Crippen LogP contribution in [0.5, 0.6) is 5.75 Å². The highest BCUT2D eigenvalue weighted by atomic mass is 32.2. The molecule has 1 aromatic heterocycles. The zero-order chi connectivity index (χ0) is 18.4. The first-order valence-corrected chi connectivity index (χ1v) is 9.27. The Morgan fingerprint density at radius 1 is 1.28 bits per heavy atom. The molecule has 132 valence electrons. The molecule has 2 aromatic rings. The molecule has 0 bridgehead atoms. The van der Waals surface area contributed by atoms with E-state index in [2.05, 4.69) is 9.73 Å². The second-order valence-corrected chi connectivity index (χ2v) is 6.85. The zero-order valence-corrected chi connectivity index (χ0v) is 15.5. The van der Waals surface area contributed by atoms with Crippen LogP contribution in [-0.2, 0) is 9.53 Å². The van der Waals surface area contributed by atoms with Gasteiger partial charge < -0.3 is 14.6 Å². The van der Waals surface area contributed by atoms with Crippen LogP contribution in [0.25, 0.3) is 10.4 Å². The van der Waals surface area contributed by atoms with Crippen molar-refractivity contribution in [1.29, 1.82) is 0 Å². The largest absolute Gasteiger partial charge is 0.497 e. The van der Waals surface area contributed by atoms with Crippen LogP contribution in [0.4, 0.5) is 5.69 Å². The third-order valence-corrected chi connectivity index (χ3v) is 5.30. The van der Waals surface area contributed by atoms with E-state index in [0.717, 1.165) is 27.5 Å². The van der Waals surface area contributed by atoms with E-state index in [1.165, 1.54) is 25.1 Å². The van der Waals surface area contributed by atoms with E-state index in [4.69, 9.17) is 4.74 Å². The number of carboxylic acids is 1. The first-order chi connectivity index (χ1) is 12.0. The Labute approximate surface area is 153 Å². The van der Waals surface area contributed by atoms with Crippen molar-refractivity contribution in [3.8, 4) is 16.2 Å². The molecule has 25 heavy (non-hydrogen) atoms. The van der Waals surface area contributed by atoms with E-state index in [1.807, 2.05) is 12.1 Å². The number of hydrogen-bond acceptors (Lipinski definition) is 7. The molecule has 0 saturated heterocycles. The van der Waals surface area contributed by atoms with Gasteiger partial charge in [0.2, 0.25) is 0 Å². The number of carbonyl (C=O) groups excluding carboxylic acids is 1. The summed E-state index contributed by atoms with van der Waals surface area (Å²) < 4.78 is 9.81. The van der Waals surface area contributed by atoms with Gasteiger partial charge in [-0.1, -0.05) is 0 Å². The number of aromatic carboxylic acids is 1. The number of esters is 1. The maximum Gasteiger partial charge on any atom is 0.348 e. The SMILES string of the molecule is COC(=O)C(C=Nc1cc(-c2ccc(OC)cc2)sc1C(=O)O)SC. The average Bonchev–Trinajstić information content (AvgIpc) is 3.06. The number of methoxy groups -OCH3 is 2. The van der Waals surface area contributed by atoms with Gasteiger partial charge in [-0.3, -0.25) is 9.79 Å². The lowest BCUT2D eigenvalue weighted by Gasteiger charge is -2.05. The number of thioether (sulfide) groups is 1. The fourth-order valence-corrected chi connectivity index (χ4v) is 3.43. The Morgan fingerprint density at radius 2 is 1.96 bits per heavy atom. The number of nitrogens with zero attached hydrogens (tertiary/aromatic N) is 1. The second-order valence-electron chi connectivity index (χ2n) is 4.82. The molecular weight excluding hydrogens is 362 g/mol. The number of rotatable bonds is 7. The maximum absolute atomic E-state index is 11.6. The van der Waals surface area contributed by atoms with Crippen LogP contribution in [-0.4, -0.2) is 49.0 Å². The third-order valence-electron chi connectivity index (χ3n) is 3.32. The Kier molecular flexibility index (Phi) is 6.60. The summed E-state index contributed by atoms with van der Waals surface area (Å²) in [6.45, 7) is 0. The summed E-state index contributed by atoms with van der Waals surface area (Å²) in [5.41, 5.74) is 1.18. The van der Waals surface area contributed by atoms with Crippen LogP contribution >= 0.6 is 23.1 Å². The standard InChI is InChI=1S/C17H17NO5S2/c1-22-11-6-4-10(5-7-11)13-8-12(15(25-13)16(19)20)18-9-14(24-3)17(21)23-2/h4-9,14H,1-3H3,(H,19,20). The van der Waals surface area contributed by atoms with Crippen LogP contribution in [0.2, 0.25) is 0 Å². The van der Waals surface area contributed by atoms with Crippen molar-refractivity contribution >= 4 is 46.9 Å². The first-order valence-electron chi connectivity index (χ1n) is 7.16. The predicted octanol–water partition coefficient (Wildman–Crippen LogP) is 3.73. The van der Waals surface area contributed by atoms with Crippen LogP contribution in [0, 0.1) is 0 Å². The Morgan fingerprint density at radius 3 is 2.48 bits per heavy atom. The summed E-state index contributed by atoms with van der Waals surface area (Å²) in [5.74, 6) is -0.771. The second kappa shape index (κ2) is 8.68. The number of aliphatic imine (C=N–C) groups is 1. The number of carboxylic acid groups (broad SMARTS) is 1. The van der Waals surface area contributed by atoms with Gasteiger partial charge in [-0.2, -0.15) is 0 Å². The van der Waals surface area contributed by atoms with Gasteiger partial charge in [0.05, 0.1) is 19.9 Å². The lowest BCUT2D eigenvalue weighted by molar-refractivity contribution is -0.138. The highest BCUT2D eigenvalue weighted by molar-refractivity contribution is 8.00. The van der Waals surface area contributed by atoms with Gasteiger partial charge in [0, 0.05) is 11.1 Å². The molecule has 2 rings (SSSR count). The Balaban J connectivity index is 2.35. The monoisotopic (exact) mass is 379 g/mol. The van der Waals surface area contributed by atoms with Crippen molar-refractivity contribution in [3.05, 3.63) is 35.2 Å². The van der Waals surface area contributed by atoms with Crippen molar-refractivity contribution < 1.29 is 24.2 Å². The van der Waals surface area contributed by atoms with E-state index in [1.54, 1.807) is 31.6 Å². The van der Waals surface area contributed by atoms with Gasteiger partial charge in [-0.25, -0.2) is 4.79 Å². The zero-order valence-electron chi connectivity index (χ0n) is 13.9. The smallest absolute Gasteiger partial charge is 0.348 e. The summed E-state index contributed by atoms with van der Waals surface area (Å²) in [6, 6.07) is 9.01. The van der Waals surface area contributed by atoms with Crippen molar-refractivity contribution in [2.24, 2.45) is 4.99 Å². The fraction of sp³-hybridized carbons (Fsp3) is 0.235. The van der Waals surface area contributed by atoms with Gasteiger partial charge >= 0.3 is 11.9 Å². The Hall–Kier alpha value is -2.32. The van der Waals surface area contributed by atoms with Gasteiger partial charge in [-0.15, -0.1) is 23.1 Å². The maximum atomic E-state index is 11.6. The molecule has 6 nitrogen and oxygen atoms in total. The van der Waals surface area contributed by atoms with Crippen molar-refractivity contribution in [1.82, 2.24) is 0 Å². The van der Waals surface area contributed by atoms with Crippen LogP contribution < -0.4 is 4.74 Å². The molecular formula is C17H17NO5S2.